The molecule has 1 heterocycles. The number of halogens is 4. The molecule has 2 aromatic carbocycles. The van der Waals surface area contributed by atoms with Gasteiger partial charge in [-0.3, -0.25) is 4.79 Å². The maximum absolute atomic E-state index is 13.0. The first-order valence-corrected chi connectivity index (χ1v) is 8.04. The summed E-state index contributed by atoms with van der Waals surface area (Å²) in [5, 5.41) is 0. The van der Waals surface area contributed by atoms with E-state index in [0.29, 0.717) is 18.7 Å². The summed E-state index contributed by atoms with van der Waals surface area (Å²) in [4.78, 5) is 13.5. The Hall–Kier alpha value is -2.81. The van der Waals surface area contributed by atoms with Gasteiger partial charge in [-0.2, -0.15) is 13.2 Å². The molecular formula is C20H15F4NO. The van der Waals surface area contributed by atoms with E-state index < -0.39 is 11.7 Å². The van der Waals surface area contributed by atoms with E-state index in [0.717, 1.165) is 6.07 Å². The number of nitrogens with zero attached hydrogens (tertiary/aromatic N) is 1. The average Bonchev–Trinajstić information content (AvgIpc) is 2.56. The summed E-state index contributed by atoms with van der Waals surface area (Å²) in [7, 11) is 0. The van der Waals surface area contributed by atoms with E-state index in [1.54, 1.807) is 6.07 Å². The minimum Gasteiger partial charge on any atom is -0.331 e. The van der Waals surface area contributed by atoms with Gasteiger partial charge < -0.3 is 4.90 Å². The highest BCUT2D eigenvalue weighted by atomic mass is 19.4. The van der Waals surface area contributed by atoms with Crippen molar-refractivity contribution in [1.29, 1.82) is 0 Å². The molecule has 0 radical (unpaired) electrons. The third kappa shape index (κ3) is 4.23. The fourth-order valence-corrected chi connectivity index (χ4v) is 2.89. The predicted octanol–water partition coefficient (Wildman–Crippen LogP) is 3.90. The second-order valence-electron chi connectivity index (χ2n) is 6.19. The lowest BCUT2D eigenvalue weighted by atomic mass is 9.90. The summed E-state index contributed by atoms with van der Waals surface area (Å²) in [6.07, 6.45) is -4.11. The monoisotopic (exact) mass is 361 g/mol. The van der Waals surface area contributed by atoms with Crippen LogP contribution in [0.1, 0.15) is 16.7 Å². The molecule has 0 aromatic heterocycles. The fourth-order valence-electron chi connectivity index (χ4n) is 2.89. The molecule has 26 heavy (non-hydrogen) atoms. The van der Waals surface area contributed by atoms with Crippen LogP contribution in [0.25, 0.3) is 0 Å². The van der Waals surface area contributed by atoms with Crippen LogP contribution in [-0.2, 0) is 17.4 Å². The zero-order valence-corrected chi connectivity index (χ0v) is 13.7. The SMILES string of the molecule is O=C(C#Cc1ccc(F)cc1)N1CC(Cc2ccccc2C(F)(F)F)C1. The van der Waals surface area contributed by atoms with Crippen LogP contribution < -0.4 is 0 Å². The number of benzene rings is 2. The Morgan fingerprint density at radius 2 is 1.73 bits per heavy atom. The predicted molar refractivity (Wildman–Crippen MR) is 88.5 cm³/mol. The van der Waals surface area contributed by atoms with Gasteiger partial charge in [-0.1, -0.05) is 24.1 Å². The molecule has 6 heteroatoms. The maximum Gasteiger partial charge on any atom is 0.416 e. The highest BCUT2D eigenvalue weighted by molar-refractivity contribution is 5.94. The fraction of sp³-hybridized carbons (Fsp3) is 0.250. The number of likely N-dealkylation sites (tertiary alicyclic amines) is 1. The number of alkyl halides is 3. The van der Waals surface area contributed by atoms with E-state index in [1.165, 1.54) is 41.3 Å². The lowest BCUT2D eigenvalue weighted by Crippen LogP contribution is -2.50. The molecule has 1 aliphatic rings. The molecule has 1 aliphatic heterocycles. The van der Waals surface area contributed by atoms with Gasteiger partial charge in [0.25, 0.3) is 5.91 Å². The van der Waals surface area contributed by atoms with Crippen LogP contribution in [0.3, 0.4) is 0 Å². The zero-order chi connectivity index (χ0) is 18.7. The minimum atomic E-state index is -4.38. The largest absolute Gasteiger partial charge is 0.416 e. The van der Waals surface area contributed by atoms with Crippen LogP contribution in [0.5, 0.6) is 0 Å². The second-order valence-corrected chi connectivity index (χ2v) is 6.19. The van der Waals surface area contributed by atoms with Crippen LogP contribution in [0.15, 0.2) is 48.5 Å². The molecule has 1 amide bonds. The first kappa shape index (κ1) is 18.0. The smallest absolute Gasteiger partial charge is 0.331 e. The number of carbonyl (C=O) groups is 1. The third-order valence-corrected chi connectivity index (χ3v) is 4.23. The highest BCUT2D eigenvalue weighted by Crippen LogP contribution is 2.33. The molecule has 1 fully saturated rings. The number of hydrogen-bond acceptors (Lipinski definition) is 1. The molecule has 0 bridgehead atoms. The molecule has 3 rings (SSSR count). The van der Waals surface area contributed by atoms with Crippen LogP contribution in [0.4, 0.5) is 17.6 Å². The lowest BCUT2D eigenvalue weighted by Gasteiger charge is -2.38. The Balaban J connectivity index is 1.57. The summed E-state index contributed by atoms with van der Waals surface area (Å²) >= 11 is 0. The summed E-state index contributed by atoms with van der Waals surface area (Å²) < 4.78 is 51.8. The van der Waals surface area contributed by atoms with Gasteiger partial charge in [0.15, 0.2) is 0 Å². The number of rotatable bonds is 2. The molecular weight excluding hydrogens is 346 g/mol. The van der Waals surface area contributed by atoms with E-state index in [2.05, 4.69) is 11.8 Å². The Morgan fingerprint density at radius 1 is 1.08 bits per heavy atom. The van der Waals surface area contributed by atoms with E-state index in [9.17, 15) is 22.4 Å². The minimum absolute atomic E-state index is 0.0185. The normalized spacial score (nSPS) is 14.4. The molecule has 2 aromatic rings. The van der Waals surface area contributed by atoms with Crippen molar-refractivity contribution < 1.29 is 22.4 Å². The average molecular weight is 361 g/mol. The molecule has 0 aliphatic carbocycles. The molecule has 2 nitrogen and oxygen atoms in total. The van der Waals surface area contributed by atoms with Crippen LogP contribution in [-0.4, -0.2) is 23.9 Å². The van der Waals surface area contributed by atoms with Gasteiger partial charge in [0.2, 0.25) is 0 Å². The Morgan fingerprint density at radius 3 is 2.38 bits per heavy atom. The van der Waals surface area contributed by atoms with Gasteiger partial charge in [0.1, 0.15) is 5.82 Å². The van der Waals surface area contributed by atoms with Gasteiger partial charge in [0, 0.05) is 24.6 Å². The van der Waals surface area contributed by atoms with Gasteiger partial charge in [-0.25, -0.2) is 4.39 Å². The van der Waals surface area contributed by atoms with Gasteiger partial charge >= 0.3 is 6.18 Å². The highest BCUT2D eigenvalue weighted by Gasteiger charge is 2.35. The lowest BCUT2D eigenvalue weighted by molar-refractivity contribution is -0.139. The number of amides is 1. The molecule has 1 saturated heterocycles. The van der Waals surface area contributed by atoms with Gasteiger partial charge in [-0.05, 0) is 48.2 Å². The first-order chi connectivity index (χ1) is 12.3. The molecule has 0 spiro atoms. The van der Waals surface area contributed by atoms with Crippen molar-refractivity contribution in [3.63, 3.8) is 0 Å². The molecule has 0 atom stereocenters. The summed E-state index contributed by atoms with van der Waals surface area (Å²) in [5.74, 6) is 4.35. The number of carbonyl (C=O) groups excluding carboxylic acids is 1. The Bertz CT molecular complexity index is 856. The third-order valence-electron chi connectivity index (χ3n) is 4.23. The van der Waals surface area contributed by atoms with Crippen molar-refractivity contribution in [3.8, 4) is 11.8 Å². The van der Waals surface area contributed by atoms with Gasteiger partial charge in [-0.15, -0.1) is 0 Å². The van der Waals surface area contributed by atoms with E-state index in [1.807, 2.05) is 0 Å². The van der Waals surface area contributed by atoms with Crippen molar-refractivity contribution in [2.24, 2.45) is 5.92 Å². The summed E-state index contributed by atoms with van der Waals surface area (Å²) in [6, 6.07) is 11.0. The van der Waals surface area contributed by atoms with Crippen molar-refractivity contribution >= 4 is 5.91 Å². The maximum atomic E-state index is 13.0. The second kappa shape index (κ2) is 7.20. The van der Waals surface area contributed by atoms with E-state index in [4.69, 9.17) is 0 Å². The van der Waals surface area contributed by atoms with Crippen molar-refractivity contribution in [3.05, 3.63) is 71.0 Å². The van der Waals surface area contributed by atoms with Crippen molar-refractivity contribution in [1.82, 2.24) is 4.90 Å². The van der Waals surface area contributed by atoms with Gasteiger partial charge in [0.05, 0.1) is 5.56 Å². The molecule has 0 unspecified atom stereocenters. The zero-order valence-electron chi connectivity index (χ0n) is 13.7. The van der Waals surface area contributed by atoms with Crippen molar-refractivity contribution in [2.75, 3.05) is 13.1 Å². The van der Waals surface area contributed by atoms with Crippen LogP contribution >= 0.6 is 0 Å². The molecule has 0 N–H and O–H groups in total. The van der Waals surface area contributed by atoms with Crippen LogP contribution in [0.2, 0.25) is 0 Å². The summed E-state index contributed by atoms with van der Waals surface area (Å²) in [6.45, 7) is 0.756. The van der Waals surface area contributed by atoms with E-state index in [-0.39, 0.29) is 29.6 Å². The standard InChI is InChI=1S/C20H15F4NO/c21-17-8-5-14(6-9-17)7-10-19(26)25-12-15(13-25)11-16-3-1-2-4-18(16)20(22,23)24/h1-6,8-9,15H,11-13H2. The molecule has 134 valence electrons. The molecule has 0 saturated carbocycles. The van der Waals surface area contributed by atoms with E-state index >= 15 is 0 Å². The topological polar surface area (TPSA) is 20.3 Å². The quantitative estimate of drug-likeness (QED) is 0.587. The van der Waals surface area contributed by atoms with Crippen LogP contribution in [0, 0.1) is 23.6 Å². The first-order valence-electron chi connectivity index (χ1n) is 8.04. The summed E-state index contributed by atoms with van der Waals surface area (Å²) in [5.41, 5.74) is 0.145. The van der Waals surface area contributed by atoms with Crippen molar-refractivity contribution in [2.45, 2.75) is 12.6 Å². The Kier molecular flexibility index (Phi) is 4.99. The Labute approximate surface area is 148 Å². The number of hydrogen-bond donors (Lipinski definition) is 0.